The molecular formula is C13H16FNO2. The highest BCUT2D eigenvalue weighted by atomic mass is 19.1. The second-order valence-electron chi connectivity index (χ2n) is 4.10. The van der Waals surface area contributed by atoms with E-state index < -0.39 is 0 Å². The molecule has 0 bridgehead atoms. The lowest BCUT2D eigenvalue weighted by atomic mass is 10.1. The fourth-order valence-electron chi connectivity index (χ4n) is 1.98. The number of carbonyl (C=O) groups is 1. The smallest absolute Gasteiger partial charge is 0.222 e. The molecule has 92 valence electrons. The van der Waals surface area contributed by atoms with Crippen LogP contribution in [0, 0.1) is 5.82 Å². The van der Waals surface area contributed by atoms with Crippen LogP contribution in [-0.4, -0.2) is 30.5 Å². The molecule has 1 atom stereocenters. The van der Waals surface area contributed by atoms with Crippen molar-refractivity contribution in [3.63, 3.8) is 0 Å². The summed E-state index contributed by atoms with van der Waals surface area (Å²) in [6, 6.07) is 6.25. The predicted octanol–water partition coefficient (Wildman–Crippen LogP) is 2.14. The van der Waals surface area contributed by atoms with E-state index in [9.17, 15) is 9.18 Å². The maximum absolute atomic E-state index is 12.8. The van der Waals surface area contributed by atoms with Crippen molar-refractivity contribution in [2.75, 3.05) is 19.7 Å². The topological polar surface area (TPSA) is 29.5 Å². The average Bonchev–Trinajstić information content (AvgIpc) is 2.39. The van der Waals surface area contributed by atoms with Crippen molar-refractivity contribution in [1.29, 1.82) is 0 Å². The number of morpholine rings is 1. The minimum absolute atomic E-state index is 0.139. The van der Waals surface area contributed by atoms with Crippen molar-refractivity contribution in [3.8, 4) is 0 Å². The van der Waals surface area contributed by atoms with Gasteiger partial charge in [0.1, 0.15) is 11.9 Å². The number of benzene rings is 1. The van der Waals surface area contributed by atoms with Gasteiger partial charge in [-0.2, -0.15) is 0 Å². The maximum Gasteiger partial charge on any atom is 0.222 e. The third-order valence-corrected chi connectivity index (χ3v) is 2.96. The number of hydrogen-bond acceptors (Lipinski definition) is 2. The van der Waals surface area contributed by atoms with Crippen LogP contribution in [0.4, 0.5) is 4.39 Å². The third-order valence-electron chi connectivity index (χ3n) is 2.96. The van der Waals surface area contributed by atoms with E-state index in [1.807, 2.05) is 6.92 Å². The highest BCUT2D eigenvalue weighted by Gasteiger charge is 2.24. The summed E-state index contributed by atoms with van der Waals surface area (Å²) < 4.78 is 18.4. The number of hydrogen-bond donors (Lipinski definition) is 0. The number of halogens is 1. The molecule has 17 heavy (non-hydrogen) atoms. The number of ether oxygens (including phenoxy) is 1. The van der Waals surface area contributed by atoms with E-state index in [0.717, 1.165) is 5.56 Å². The van der Waals surface area contributed by atoms with Gasteiger partial charge in [0.05, 0.1) is 13.2 Å². The Kier molecular flexibility index (Phi) is 3.74. The largest absolute Gasteiger partial charge is 0.370 e. The first kappa shape index (κ1) is 12.0. The minimum atomic E-state index is -0.258. The van der Waals surface area contributed by atoms with Crippen LogP contribution in [0.3, 0.4) is 0 Å². The van der Waals surface area contributed by atoms with Crippen molar-refractivity contribution >= 4 is 5.91 Å². The summed E-state index contributed by atoms with van der Waals surface area (Å²) in [5, 5.41) is 0. The molecule has 1 fully saturated rings. The van der Waals surface area contributed by atoms with Gasteiger partial charge in [0.25, 0.3) is 0 Å². The molecule has 3 nitrogen and oxygen atoms in total. The molecule has 1 aromatic rings. The molecule has 0 radical (unpaired) electrons. The third kappa shape index (κ3) is 2.82. The van der Waals surface area contributed by atoms with E-state index in [1.54, 1.807) is 17.0 Å². The number of rotatable bonds is 2. The molecule has 1 aliphatic heterocycles. The Balaban J connectivity index is 2.06. The van der Waals surface area contributed by atoms with E-state index in [2.05, 4.69) is 0 Å². The Hall–Kier alpha value is -1.42. The molecule has 0 N–H and O–H groups in total. The summed E-state index contributed by atoms with van der Waals surface area (Å²) in [5.41, 5.74) is 0.917. The zero-order valence-corrected chi connectivity index (χ0v) is 9.86. The maximum atomic E-state index is 12.8. The second-order valence-corrected chi connectivity index (χ2v) is 4.10. The van der Waals surface area contributed by atoms with Gasteiger partial charge in [-0.3, -0.25) is 4.79 Å². The highest BCUT2D eigenvalue weighted by Crippen LogP contribution is 2.22. The second kappa shape index (κ2) is 5.27. The van der Waals surface area contributed by atoms with Crippen molar-refractivity contribution in [2.24, 2.45) is 0 Å². The summed E-state index contributed by atoms with van der Waals surface area (Å²) in [6.45, 7) is 3.58. The van der Waals surface area contributed by atoms with Crippen LogP contribution < -0.4 is 0 Å². The Bertz CT molecular complexity index is 391. The molecular weight excluding hydrogens is 221 g/mol. The van der Waals surface area contributed by atoms with Crippen molar-refractivity contribution in [3.05, 3.63) is 35.6 Å². The van der Waals surface area contributed by atoms with Crippen molar-refractivity contribution < 1.29 is 13.9 Å². The Morgan fingerprint density at radius 3 is 2.82 bits per heavy atom. The first-order chi connectivity index (χ1) is 8.20. The molecule has 1 aromatic carbocycles. The number of amides is 1. The molecule has 0 spiro atoms. The fraction of sp³-hybridized carbons (Fsp3) is 0.462. The Morgan fingerprint density at radius 2 is 2.18 bits per heavy atom. The zero-order chi connectivity index (χ0) is 12.3. The van der Waals surface area contributed by atoms with Gasteiger partial charge in [-0.25, -0.2) is 4.39 Å². The highest BCUT2D eigenvalue weighted by molar-refractivity contribution is 5.75. The van der Waals surface area contributed by atoms with Crippen LogP contribution in [0.2, 0.25) is 0 Å². The van der Waals surface area contributed by atoms with Crippen molar-refractivity contribution in [2.45, 2.75) is 19.4 Å². The lowest BCUT2D eigenvalue weighted by molar-refractivity contribution is -0.138. The minimum Gasteiger partial charge on any atom is -0.370 e. The zero-order valence-electron chi connectivity index (χ0n) is 9.86. The Morgan fingerprint density at radius 1 is 1.47 bits per heavy atom. The molecule has 1 heterocycles. The first-order valence-corrected chi connectivity index (χ1v) is 5.85. The lowest BCUT2D eigenvalue weighted by Crippen LogP contribution is -2.41. The molecule has 0 aromatic heterocycles. The number of nitrogens with zero attached hydrogens (tertiary/aromatic N) is 1. The van der Waals surface area contributed by atoms with Gasteiger partial charge in [0, 0.05) is 13.0 Å². The van der Waals surface area contributed by atoms with Crippen molar-refractivity contribution in [1.82, 2.24) is 4.90 Å². The predicted molar refractivity (Wildman–Crippen MR) is 62.0 cm³/mol. The summed E-state index contributed by atoms with van der Waals surface area (Å²) in [6.07, 6.45) is 0.371. The normalized spacial score (nSPS) is 20.4. The average molecular weight is 237 g/mol. The van der Waals surface area contributed by atoms with Crippen LogP contribution in [0.1, 0.15) is 25.0 Å². The van der Waals surface area contributed by atoms with Crippen LogP contribution >= 0.6 is 0 Å². The molecule has 4 heteroatoms. The van der Waals surface area contributed by atoms with Gasteiger partial charge in [-0.15, -0.1) is 0 Å². The summed E-state index contributed by atoms with van der Waals surface area (Å²) in [5.74, 6) is -0.119. The standard InChI is InChI=1S/C13H16FNO2/c1-2-13(16)15-7-8-17-12(9-15)10-3-5-11(14)6-4-10/h3-6,12H,2,7-9H2,1H3/t12-/m0/s1. The monoisotopic (exact) mass is 237 g/mol. The van der Waals surface area contributed by atoms with Gasteiger partial charge < -0.3 is 9.64 Å². The quantitative estimate of drug-likeness (QED) is 0.788. The van der Waals surface area contributed by atoms with E-state index in [4.69, 9.17) is 4.74 Å². The lowest BCUT2D eigenvalue weighted by Gasteiger charge is -2.33. The molecule has 1 amide bonds. The van der Waals surface area contributed by atoms with Gasteiger partial charge in [-0.05, 0) is 17.7 Å². The summed E-state index contributed by atoms with van der Waals surface area (Å²) >= 11 is 0. The summed E-state index contributed by atoms with van der Waals surface area (Å²) in [7, 11) is 0. The molecule has 0 unspecified atom stereocenters. The molecule has 0 saturated carbocycles. The van der Waals surface area contributed by atoms with Crippen LogP contribution in [0.5, 0.6) is 0 Å². The van der Waals surface area contributed by atoms with E-state index in [-0.39, 0.29) is 17.8 Å². The van der Waals surface area contributed by atoms with E-state index >= 15 is 0 Å². The van der Waals surface area contributed by atoms with Crippen LogP contribution in [0.15, 0.2) is 24.3 Å². The molecule has 1 saturated heterocycles. The number of carbonyl (C=O) groups excluding carboxylic acids is 1. The van der Waals surface area contributed by atoms with E-state index in [1.165, 1.54) is 12.1 Å². The van der Waals surface area contributed by atoms with Gasteiger partial charge >= 0.3 is 0 Å². The van der Waals surface area contributed by atoms with E-state index in [0.29, 0.717) is 26.1 Å². The fourth-order valence-corrected chi connectivity index (χ4v) is 1.98. The molecule has 2 rings (SSSR count). The van der Waals surface area contributed by atoms with Gasteiger partial charge in [0.2, 0.25) is 5.91 Å². The van der Waals surface area contributed by atoms with Crippen LogP contribution in [0.25, 0.3) is 0 Å². The van der Waals surface area contributed by atoms with Gasteiger partial charge in [0.15, 0.2) is 0 Å². The first-order valence-electron chi connectivity index (χ1n) is 5.85. The molecule has 1 aliphatic rings. The van der Waals surface area contributed by atoms with Gasteiger partial charge in [-0.1, -0.05) is 19.1 Å². The van der Waals surface area contributed by atoms with Crippen LogP contribution in [-0.2, 0) is 9.53 Å². The molecule has 0 aliphatic carbocycles. The Labute approximate surface area is 100 Å². The SMILES string of the molecule is CCC(=O)N1CCO[C@H](c2ccc(F)cc2)C1. The summed E-state index contributed by atoms with van der Waals surface area (Å²) in [4.78, 5) is 13.4.